The molecule has 3 unspecified atom stereocenters. The molecular formula is C58H107N2O6P. The maximum Gasteiger partial charge on any atom is 0.268 e. The zero-order valence-electron chi connectivity index (χ0n) is 44.3. The summed E-state index contributed by atoms with van der Waals surface area (Å²) >= 11 is 0. The third-order valence-corrected chi connectivity index (χ3v) is 13.1. The number of phosphoric ester groups is 1. The lowest BCUT2D eigenvalue weighted by Gasteiger charge is -2.29. The van der Waals surface area contributed by atoms with Crippen molar-refractivity contribution in [3.63, 3.8) is 0 Å². The first-order valence-electron chi connectivity index (χ1n) is 27.8. The Morgan fingerprint density at radius 1 is 0.537 bits per heavy atom. The highest BCUT2D eigenvalue weighted by molar-refractivity contribution is 7.45. The van der Waals surface area contributed by atoms with Crippen LogP contribution >= 0.6 is 7.82 Å². The van der Waals surface area contributed by atoms with Crippen LogP contribution in [-0.4, -0.2) is 68.5 Å². The second-order valence-electron chi connectivity index (χ2n) is 19.9. The molecule has 3 atom stereocenters. The number of rotatable bonds is 50. The van der Waals surface area contributed by atoms with Gasteiger partial charge in [-0.3, -0.25) is 9.36 Å². The molecule has 0 saturated heterocycles. The van der Waals surface area contributed by atoms with Gasteiger partial charge in [0.15, 0.2) is 0 Å². The summed E-state index contributed by atoms with van der Waals surface area (Å²) < 4.78 is 23.3. The van der Waals surface area contributed by atoms with Crippen molar-refractivity contribution in [1.29, 1.82) is 0 Å². The molecule has 0 aromatic heterocycles. The van der Waals surface area contributed by atoms with Crippen LogP contribution in [0.2, 0.25) is 0 Å². The van der Waals surface area contributed by atoms with Crippen LogP contribution in [0.3, 0.4) is 0 Å². The number of unbranched alkanes of at least 4 members (excludes halogenated alkanes) is 27. The molecule has 390 valence electrons. The summed E-state index contributed by atoms with van der Waals surface area (Å²) in [4.78, 5) is 25.4. The zero-order chi connectivity index (χ0) is 49.2. The van der Waals surface area contributed by atoms with E-state index >= 15 is 0 Å². The van der Waals surface area contributed by atoms with Crippen molar-refractivity contribution in [2.24, 2.45) is 0 Å². The van der Waals surface area contributed by atoms with Gasteiger partial charge in [0.05, 0.1) is 39.9 Å². The van der Waals surface area contributed by atoms with Crippen molar-refractivity contribution in [3.05, 3.63) is 72.9 Å². The van der Waals surface area contributed by atoms with Crippen LogP contribution in [0.4, 0.5) is 0 Å². The number of nitrogens with one attached hydrogen (secondary N) is 1. The number of allylic oxidation sites excluding steroid dienone is 11. The summed E-state index contributed by atoms with van der Waals surface area (Å²) in [5.41, 5.74) is 0. The van der Waals surface area contributed by atoms with Crippen molar-refractivity contribution in [1.82, 2.24) is 5.32 Å². The van der Waals surface area contributed by atoms with Crippen molar-refractivity contribution >= 4 is 13.7 Å². The molecule has 8 nitrogen and oxygen atoms in total. The lowest BCUT2D eigenvalue weighted by atomic mass is 10.0. The highest BCUT2D eigenvalue weighted by Gasteiger charge is 2.23. The quantitative estimate of drug-likeness (QED) is 0.0272. The Balaban J connectivity index is 4.30. The van der Waals surface area contributed by atoms with Crippen molar-refractivity contribution in [2.45, 2.75) is 251 Å². The second kappa shape index (κ2) is 48.9. The number of likely N-dealkylation sites (N-methyl/N-ethyl adjacent to an activating group) is 1. The van der Waals surface area contributed by atoms with Crippen molar-refractivity contribution < 1.29 is 32.9 Å². The van der Waals surface area contributed by atoms with E-state index in [1.54, 1.807) is 6.08 Å². The molecule has 0 radical (unpaired) electrons. The van der Waals surface area contributed by atoms with E-state index in [0.717, 1.165) is 77.0 Å². The van der Waals surface area contributed by atoms with E-state index in [1.165, 1.54) is 141 Å². The van der Waals surface area contributed by atoms with E-state index in [1.807, 2.05) is 27.2 Å². The molecule has 1 amide bonds. The summed E-state index contributed by atoms with van der Waals surface area (Å²) in [5.74, 6) is -0.223. The van der Waals surface area contributed by atoms with Gasteiger partial charge in [0, 0.05) is 6.42 Å². The minimum Gasteiger partial charge on any atom is -0.756 e. The molecule has 0 aliphatic rings. The van der Waals surface area contributed by atoms with Crippen LogP contribution < -0.4 is 10.2 Å². The number of carbonyl (C=O) groups is 1. The number of hydrogen-bond acceptors (Lipinski definition) is 6. The summed E-state index contributed by atoms with van der Waals surface area (Å²) in [5, 5.41) is 13.8. The number of nitrogens with zero attached hydrogens (tertiary/aromatic N) is 1. The van der Waals surface area contributed by atoms with Gasteiger partial charge in [0.25, 0.3) is 7.82 Å². The number of carbonyl (C=O) groups excluding carboxylic acids is 1. The number of aliphatic hydroxyl groups excluding tert-OH is 1. The number of quaternary nitrogens is 1. The van der Waals surface area contributed by atoms with Crippen LogP contribution in [0.25, 0.3) is 0 Å². The number of hydrogen-bond donors (Lipinski definition) is 2. The summed E-state index contributed by atoms with van der Waals surface area (Å²) in [6, 6.07) is -0.919. The topological polar surface area (TPSA) is 108 Å². The Bertz CT molecular complexity index is 1320. The summed E-state index contributed by atoms with van der Waals surface area (Å²) in [6.07, 6.45) is 67.0. The first-order valence-corrected chi connectivity index (χ1v) is 29.3. The fourth-order valence-corrected chi connectivity index (χ4v) is 8.51. The Morgan fingerprint density at radius 2 is 0.925 bits per heavy atom. The third kappa shape index (κ3) is 51.6. The first kappa shape index (κ1) is 64.9. The van der Waals surface area contributed by atoms with Crippen LogP contribution in [0.5, 0.6) is 0 Å². The lowest BCUT2D eigenvalue weighted by molar-refractivity contribution is -0.870. The number of aliphatic hydroxyl groups is 1. The highest BCUT2D eigenvalue weighted by atomic mass is 31.2. The van der Waals surface area contributed by atoms with Crippen molar-refractivity contribution in [3.8, 4) is 0 Å². The van der Waals surface area contributed by atoms with E-state index in [0.29, 0.717) is 17.4 Å². The molecule has 0 saturated carbocycles. The number of phosphoric acid groups is 1. The minimum atomic E-state index is -4.61. The van der Waals surface area contributed by atoms with Gasteiger partial charge < -0.3 is 28.8 Å². The van der Waals surface area contributed by atoms with Gasteiger partial charge in [0.2, 0.25) is 5.91 Å². The van der Waals surface area contributed by atoms with Gasteiger partial charge in [0.1, 0.15) is 13.2 Å². The van der Waals surface area contributed by atoms with Crippen LogP contribution in [0, 0.1) is 0 Å². The SMILES string of the molecule is CC/C=C\C/C=C\C/C=C\CCCCCCCCCC(=O)NC(COP(=O)([O-])OCC[N+](C)(C)C)C(O)/C=C/CC/C=C/CC/C=C/CCCCCCCCCCCCCCCCCCCC. The van der Waals surface area contributed by atoms with Crippen LogP contribution in [0.1, 0.15) is 239 Å². The monoisotopic (exact) mass is 959 g/mol. The summed E-state index contributed by atoms with van der Waals surface area (Å²) in [7, 11) is 1.22. The predicted octanol–water partition coefficient (Wildman–Crippen LogP) is 16.1. The molecule has 0 heterocycles. The van der Waals surface area contributed by atoms with E-state index in [-0.39, 0.29) is 12.5 Å². The standard InChI is InChI=1S/C58H107N2O6P/c1-6-8-10-12-14-16-18-20-22-24-25-26-27-28-29-30-31-32-33-34-36-37-39-41-43-45-47-49-51-57(61)56(55-66-67(63,64)65-54-53-60(3,4)5)59-58(62)52-50-48-46-44-42-40-38-35-23-21-19-17-15-13-11-9-7-2/h9,11,15,17,21,23,34,36,41,43,49,51,56-57,61H,6-8,10,12-14,16,18-20,22,24-33,35,37-40,42,44-48,50,52-55H2,1-5H3,(H-,59,62,63,64)/b11-9-,17-15-,23-21-,36-34+,43-41+,51-49+. The molecule has 0 aliphatic carbocycles. The zero-order valence-corrected chi connectivity index (χ0v) is 45.2. The van der Waals surface area contributed by atoms with Gasteiger partial charge in [-0.1, -0.05) is 228 Å². The highest BCUT2D eigenvalue weighted by Crippen LogP contribution is 2.38. The first-order chi connectivity index (χ1) is 32.5. The van der Waals surface area contributed by atoms with Crippen LogP contribution in [-0.2, 0) is 18.4 Å². The Labute approximate surface area is 414 Å². The lowest BCUT2D eigenvalue weighted by Crippen LogP contribution is -2.45. The Kier molecular flexibility index (Phi) is 47.4. The average molecular weight is 959 g/mol. The molecule has 0 fully saturated rings. The van der Waals surface area contributed by atoms with Crippen molar-refractivity contribution in [2.75, 3.05) is 40.9 Å². The smallest absolute Gasteiger partial charge is 0.268 e. The Morgan fingerprint density at radius 3 is 1.39 bits per heavy atom. The maximum absolute atomic E-state index is 12.9. The summed E-state index contributed by atoms with van der Waals surface area (Å²) in [6.45, 7) is 4.51. The predicted molar refractivity (Wildman–Crippen MR) is 288 cm³/mol. The van der Waals surface area contributed by atoms with Gasteiger partial charge >= 0.3 is 0 Å². The molecule has 2 N–H and O–H groups in total. The molecule has 67 heavy (non-hydrogen) atoms. The van der Waals surface area contributed by atoms with Gasteiger partial charge in [-0.25, -0.2) is 0 Å². The van der Waals surface area contributed by atoms with Gasteiger partial charge in [-0.05, 0) is 77.0 Å². The second-order valence-corrected chi connectivity index (χ2v) is 21.3. The van der Waals surface area contributed by atoms with E-state index < -0.39 is 26.6 Å². The third-order valence-electron chi connectivity index (χ3n) is 12.1. The normalized spacial score (nSPS) is 14.6. The fraction of sp³-hybridized carbons (Fsp3) is 0.776. The average Bonchev–Trinajstić information content (AvgIpc) is 3.29. The molecule has 0 rings (SSSR count). The molecule has 0 aliphatic heterocycles. The molecule has 9 heteroatoms. The molecular weight excluding hydrogens is 852 g/mol. The number of amides is 1. The van der Waals surface area contributed by atoms with E-state index in [9.17, 15) is 19.4 Å². The molecule has 0 aromatic rings. The molecule has 0 bridgehead atoms. The molecule has 0 spiro atoms. The molecule has 0 aromatic carbocycles. The van der Waals surface area contributed by atoms with Gasteiger partial charge in [-0.15, -0.1) is 0 Å². The Hall–Kier alpha value is -2.06. The minimum absolute atomic E-state index is 0.0142. The maximum atomic E-state index is 12.9. The van der Waals surface area contributed by atoms with E-state index in [2.05, 4.69) is 79.9 Å². The largest absolute Gasteiger partial charge is 0.756 e. The fourth-order valence-electron chi connectivity index (χ4n) is 7.79. The van der Waals surface area contributed by atoms with Crippen LogP contribution in [0.15, 0.2) is 72.9 Å². The van der Waals surface area contributed by atoms with E-state index in [4.69, 9.17) is 9.05 Å². The van der Waals surface area contributed by atoms with Gasteiger partial charge in [-0.2, -0.15) is 0 Å².